The number of pyridine rings is 1. The van der Waals surface area contributed by atoms with E-state index in [1.807, 2.05) is 24.3 Å². The van der Waals surface area contributed by atoms with Crippen molar-refractivity contribution in [3.05, 3.63) is 93.4 Å². The lowest BCUT2D eigenvalue weighted by Gasteiger charge is -2.07. The van der Waals surface area contributed by atoms with Gasteiger partial charge in [0.25, 0.3) is 11.5 Å². The van der Waals surface area contributed by atoms with Gasteiger partial charge in [-0.3, -0.25) is 14.2 Å². The predicted octanol–water partition coefficient (Wildman–Crippen LogP) is 3.91. The maximum Gasteiger partial charge on any atom is 0.268 e. The summed E-state index contributed by atoms with van der Waals surface area (Å²) in [5.74, 6) is 0.466. The van der Waals surface area contributed by atoms with Crippen LogP contribution in [0.1, 0.15) is 16.1 Å². The van der Waals surface area contributed by atoms with Crippen LogP contribution < -0.4 is 15.6 Å². The number of halogens is 1. The van der Waals surface area contributed by atoms with Gasteiger partial charge in [0.1, 0.15) is 17.1 Å². The zero-order chi connectivity index (χ0) is 20.4. The van der Waals surface area contributed by atoms with Crippen molar-refractivity contribution >= 4 is 28.5 Å². The van der Waals surface area contributed by atoms with E-state index in [1.54, 1.807) is 43.5 Å². The van der Waals surface area contributed by atoms with Crippen molar-refractivity contribution in [3.63, 3.8) is 0 Å². The van der Waals surface area contributed by atoms with E-state index in [0.29, 0.717) is 28.6 Å². The Morgan fingerprint density at radius 1 is 1.10 bits per heavy atom. The van der Waals surface area contributed by atoms with Crippen molar-refractivity contribution in [2.45, 2.75) is 6.54 Å². The number of aromatic nitrogens is 2. The molecule has 4 rings (SSSR count). The number of aromatic amines is 1. The molecule has 146 valence electrons. The molecule has 2 aromatic carbocycles. The van der Waals surface area contributed by atoms with Crippen LogP contribution in [0.4, 0.5) is 0 Å². The number of hydrogen-bond donors (Lipinski definition) is 2. The van der Waals surface area contributed by atoms with Crippen molar-refractivity contribution in [1.29, 1.82) is 0 Å². The number of rotatable bonds is 5. The topological polar surface area (TPSA) is 76.1 Å². The van der Waals surface area contributed by atoms with Crippen LogP contribution in [0.15, 0.2) is 71.5 Å². The minimum Gasteiger partial charge on any atom is -0.497 e. The van der Waals surface area contributed by atoms with Crippen LogP contribution in [0.3, 0.4) is 0 Å². The van der Waals surface area contributed by atoms with E-state index in [-0.39, 0.29) is 11.5 Å². The first-order valence-electron chi connectivity index (χ1n) is 8.97. The maximum atomic E-state index is 12.6. The highest BCUT2D eigenvalue weighted by molar-refractivity contribution is 6.30. The second-order valence-corrected chi connectivity index (χ2v) is 6.94. The van der Waals surface area contributed by atoms with Gasteiger partial charge < -0.3 is 15.0 Å². The molecule has 0 unspecified atom stereocenters. The van der Waals surface area contributed by atoms with Gasteiger partial charge in [-0.05, 0) is 54.1 Å². The van der Waals surface area contributed by atoms with E-state index in [4.69, 9.17) is 16.3 Å². The molecule has 0 bridgehead atoms. The van der Waals surface area contributed by atoms with Crippen molar-refractivity contribution in [3.8, 4) is 11.4 Å². The molecule has 4 aromatic rings. The Morgan fingerprint density at radius 2 is 1.90 bits per heavy atom. The molecule has 29 heavy (non-hydrogen) atoms. The molecule has 2 heterocycles. The van der Waals surface area contributed by atoms with Gasteiger partial charge in [-0.15, -0.1) is 0 Å². The fourth-order valence-electron chi connectivity index (χ4n) is 3.15. The second kappa shape index (κ2) is 7.85. The number of H-pyrrole nitrogens is 1. The highest BCUT2D eigenvalue weighted by atomic mass is 35.5. The standard InChI is InChI=1S/C22H18ClN3O3/c1-29-18-4-2-3-14(11-18)13-24-22(28)19-12-15-5-10-20(27)26(21(15)25-19)17-8-6-16(23)7-9-17/h2-12,25H,13H2,1H3,(H,24,28). The summed E-state index contributed by atoms with van der Waals surface area (Å²) in [6.07, 6.45) is 0. The third-order valence-corrected chi connectivity index (χ3v) is 4.84. The molecule has 1 amide bonds. The minimum absolute atomic E-state index is 0.204. The first-order chi connectivity index (χ1) is 14.0. The molecule has 2 N–H and O–H groups in total. The summed E-state index contributed by atoms with van der Waals surface area (Å²) < 4.78 is 6.72. The number of methoxy groups -OCH3 is 1. The third-order valence-electron chi connectivity index (χ3n) is 4.59. The van der Waals surface area contributed by atoms with Gasteiger partial charge in [-0.2, -0.15) is 0 Å². The second-order valence-electron chi connectivity index (χ2n) is 6.50. The largest absolute Gasteiger partial charge is 0.497 e. The quantitative estimate of drug-likeness (QED) is 0.526. The molecule has 0 atom stereocenters. The maximum absolute atomic E-state index is 12.6. The Morgan fingerprint density at radius 3 is 2.66 bits per heavy atom. The highest BCUT2D eigenvalue weighted by Crippen LogP contribution is 2.19. The molecule has 0 aliphatic carbocycles. The fraction of sp³-hybridized carbons (Fsp3) is 0.0909. The van der Waals surface area contributed by atoms with Gasteiger partial charge in [-0.25, -0.2) is 0 Å². The normalized spacial score (nSPS) is 10.8. The van der Waals surface area contributed by atoms with Crippen LogP contribution in [-0.4, -0.2) is 22.6 Å². The number of carbonyl (C=O) groups is 1. The van der Waals surface area contributed by atoms with Crippen molar-refractivity contribution in [1.82, 2.24) is 14.9 Å². The van der Waals surface area contributed by atoms with Crippen molar-refractivity contribution in [2.75, 3.05) is 7.11 Å². The lowest BCUT2D eigenvalue weighted by atomic mass is 10.2. The van der Waals surface area contributed by atoms with E-state index >= 15 is 0 Å². The van der Waals surface area contributed by atoms with Gasteiger partial charge in [0.15, 0.2) is 0 Å². The zero-order valence-electron chi connectivity index (χ0n) is 15.6. The van der Waals surface area contributed by atoms with Crippen LogP contribution in [0.2, 0.25) is 5.02 Å². The highest BCUT2D eigenvalue weighted by Gasteiger charge is 2.13. The summed E-state index contributed by atoms with van der Waals surface area (Å²) >= 11 is 5.95. The summed E-state index contributed by atoms with van der Waals surface area (Å²) in [6.45, 7) is 0.357. The molecule has 6 nitrogen and oxygen atoms in total. The first-order valence-corrected chi connectivity index (χ1v) is 9.35. The van der Waals surface area contributed by atoms with E-state index in [1.165, 1.54) is 10.6 Å². The molecule has 0 aliphatic rings. The molecular formula is C22H18ClN3O3. The zero-order valence-corrected chi connectivity index (χ0v) is 16.4. The van der Waals surface area contributed by atoms with Crippen LogP contribution in [0.5, 0.6) is 5.75 Å². The Labute approximate surface area is 171 Å². The molecule has 0 aliphatic heterocycles. The monoisotopic (exact) mass is 407 g/mol. The molecule has 0 saturated heterocycles. The van der Waals surface area contributed by atoms with Gasteiger partial charge in [0.2, 0.25) is 0 Å². The van der Waals surface area contributed by atoms with Crippen LogP contribution in [0.25, 0.3) is 16.7 Å². The molecule has 7 heteroatoms. The molecule has 2 aromatic heterocycles. The number of hydrogen-bond acceptors (Lipinski definition) is 3. The first kappa shape index (κ1) is 18.8. The Bertz CT molecular complexity index is 1240. The van der Waals surface area contributed by atoms with E-state index in [2.05, 4.69) is 10.3 Å². The average Bonchev–Trinajstić information content (AvgIpc) is 3.17. The van der Waals surface area contributed by atoms with E-state index in [0.717, 1.165) is 16.7 Å². The minimum atomic E-state index is -0.265. The fourth-order valence-corrected chi connectivity index (χ4v) is 3.27. The number of nitrogens with one attached hydrogen (secondary N) is 2. The lowest BCUT2D eigenvalue weighted by molar-refractivity contribution is 0.0946. The number of amides is 1. The van der Waals surface area contributed by atoms with Gasteiger partial charge >= 0.3 is 0 Å². The summed E-state index contributed by atoms with van der Waals surface area (Å²) in [4.78, 5) is 28.2. The van der Waals surface area contributed by atoms with Gasteiger partial charge in [-0.1, -0.05) is 23.7 Å². The number of carbonyl (C=O) groups excluding carboxylic acids is 1. The Hall–Kier alpha value is -3.51. The van der Waals surface area contributed by atoms with E-state index < -0.39 is 0 Å². The van der Waals surface area contributed by atoms with Crippen molar-refractivity contribution in [2.24, 2.45) is 0 Å². The van der Waals surface area contributed by atoms with E-state index in [9.17, 15) is 9.59 Å². The molecule has 0 radical (unpaired) electrons. The smallest absolute Gasteiger partial charge is 0.268 e. The summed E-state index contributed by atoms with van der Waals surface area (Å²) in [5, 5.41) is 4.22. The third kappa shape index (κ3) is 3.88. The number of benzene rings is 2. The number of fused-ring (bicyclic) bond motifs is 1. The number of ether oxygens (including phenoxy) is 1. The summed E-state index contributed by atoms with van der Waals surface area (Å²) in [6, 6.07) is 19.3. The number of nitrogens with zero attached hydrogens (tertiary/aromatic N) is 1. The molecular weight excluding hydrogens is 390 g/mol. The van der Waals surface area contributed by atoms with Crippen LogP contribution >= 0.6 is 11.6 Å². The summed E-state index contributed by atoms with van der Waals surface area (Å²) in [5.41, 5.74) is 2.30. The summed E-state index contributed by atoms with van der Waals surface area (Å²) in [7, 11) is 1.60. The van der Waals surface area contributed by atoms with Crippen LogP contribution in [0, 0.1) is 0 Å². The van der Waals surface area contributed by atoms with Gasteiger partial charge in [0, 0.05) is 23.0 Å². The lowest BCUT2D eigenvalue weighted by Crippen LogP contribution is -2.23. The average molecular weight is 408 g/mol. The Kier molecular flexibility index (Phi) is 5.10. The Balaban J connectivity index is 1.63. The molecule has 0 fully saturated rings. The van der Waals surface area contributed by atoms with Gasteiger partial charge in [0.05, 0.1) is 12.8 Å². The molecule has 0 saturated carbocycles. The van der Waals surface area contributed by atoms with Crippen LogP contribution in [-0.2, 0) is 6.54 Å². The van der Waals surface area contributed by atoms with Crippen molar-refractivity contribution < 1.29 is 9.53 Å². The SMILES string of the molecule is COc1cccc(CNC(=O)c2cc3ccc(=O)n(-c4ccc(Cl)cc4)c3[nH]2)c1. The molecule has 0 spiro atoms. The predicted molar refractivity (Wildman–Crippen MR) is 113 cm³/mol.